The van der Waals surface area contributed by atoms with Crippen molar-refractivity contribution in [2.75, 3.05) is 58.1 Å². The van der Waals surface area contributed by atoms with E-state index < -0.39 is 89.0 Å². The van der Waals surface area contributed by atoms with Crippen LogP contribution in [0, 0.1) is 0 Å². The molecule has 14 N–H and O–H groups in total. The summed E-state index contributed by atoms with van der Waals surface area (Å²) in [5.74, 6) is -5.94. The molecule has 0 unspecified atom stereocenters. The summed E-state index contributed by atoms with van der Waals surface area (Å²) < 4.78 is 10.5. The maximum absolute atomic E-state index is 13.6. The van der Waals surface area contributed by atoms with Gasteiger partial charge in [-0.3, -0.25) is 57.5 Å². The molecule has 12 amide bonds. The zero-order chi connectivity index (χ0) is 66.1. The number of rotatable bonds is 25. The van der Waals surface area contributed by atoms with E-state index in [1.807, 2.05) is 0 Å². The summed E-state index contributed by atoms with van der Waals surface area (Å²) in [6.07, 6.45) is 12.2. The standard InChI is InChI=1S/C58H71N21O12/c1-31(80)79-30-38(66-48(82)11-14-64-54(87)43-20-37(29-76(43)6)71-58(91)50-61-15-16-72(50)2)23-46(79)57(90)70-35-19-41(75(5)27-35)52(85)62-12-9-39(59)51(84)67-33-21-44(77(7)25-33)55(88)69-36-22-45(78(8)28-36)56(89)68-34-18-42(74(4)26-34)53(86)63-13-10-47(81)65-32-17-40(49(60)83)73(3)24-32/h15-22,24-29,38-39,46H,9-14,23,30,59H2,1-8H3,(H2,60,83)(H,62,85)(H,63,86)(H,64,87)(H,65,81)(H,66,82)(H,67,84)(H,68,89)(H,69,88)(H,70,90)(H,71,91)/t38-,39-,46+/m1/s1. The number of primary amides is 1. The number of carbonyl (C=O) groups excluding carboxylic acids is 12. The third-order valence-corrected chi connectivity index (χ3v) is 14.8. The van der Waals surface area contributed by atoms with E-state index >= 15 is 0 Å². The molecule has 33 heteroatoms. The smallest absolute Gasteiger partial charge is 0.291 e. The lowest BCUT2D eigenvalue weighted by Crippen LogP contribution is -2.42. The van der Waals surface area contributed by atoms with Crippen molar-refractivity contribution in [1.29, 1.82) is 0 Å². The molecule has 0 bridgehead atoms. The second-order valence-electron chi connectivity index (χ2n) is 21.8. The summed E-state index contributed by atoms with van der Waals surface area (Å²) in [5, 5.41) is 27.2. The molecule has 1 fully saturated rings. The van der Waals surface area contributed by atoms with Crippen LogP contribution in [0.2, 0.25) is 0 Å². The Labute approximate surface area is 519 Å². The van der Waals surface area contributed by atoms with E-state index in [1.165, 1.54) is 113 Å². The third kappa shape index (κ3) is 16.2. The van der Waals surface area contributed by atoms with Crippen molar-refractivity contribution in [2.24, 2.45) is 60.8 Å². The van der Waals surface area contributed by atoms with E-state index in [1.54, 1.807) is 66.3 Å². The van der Waals surface area contributed by atoms with Crippen molar-refractivity contribution in [2.45, 2.75) is 50.7 Å². The van der Waals surface area contributed by atoms with Crippen molar-refractivity contribution in [3.63, 3.8) is 0 Å². The molecule has 3 atom stereocenters. The Morgan fingerprint density at radius 1 is 0.495 bits per heavy atom. The number of nitrogens with zero attached hydrogens (tertiary/aromatic N) is 9. The van der Waals surface area contributed by atoms with E-state index in [9.17, 15) is 57.5 Å². The van der Waals surface area contributed by atoms with Gasteiger partial charge in [-0.05, 0) is 49.2 Å². The first kappa shape index (κ1) is 65.5. The summed E-state index contributed by atoms with van der Waals surface area (Å²) in [7, 11) is 11.3. The zero-order valence-corrected chi connectivity index (χ0v) is 51.1. The Bertz CT molecular complexity index is 4020. The maximum Gasteiger partial charge on any atom is 0.291 e. The Morgan fingerprint density at radius 2 is 0.890 bits per heavy atom. The summed E-state index contributed by atoms with van der Waals surface area (Å²) in [6.45, 7) is 1.30. The van der Waals surface area contributed by atoms with Crippen molar-refractivity contribution in [1.82, 2.24) is 63.1 Å². The molecule has 7 aromatic rings. The highest BCUT2D eigenvalue weighted by molar-refractivity contribution is 6.08. The van der Waals surface area contributed by atoms with Crippen LogP contribution in [-0.2, 0) is 73.3 Å². The molecule has 1 aliphatic heterocycles. The highest BCUT2D eigenvalue weighted by Crippen LogP contribution is 2.24. The second-order valence-corrected chi connectivity index (χ2v) is 21.8. The number of nitrogens with two attached hydrogens (primary N) is 2. The van der Waals surface area contributed by atoms with Crippen LogP contribution in [0.5, 0.6) is 0 Å². The number of anilines is 6. The van der Waals surface area contributed by atoms with Crippen molar-refractivity contribution in [3.8, 4) is 0 Å². The molecule has 480 valence electrons. The summed E-state index contributed by atoms with van der Waals surface area (Å²) in [5.41, 5.74) is 14.5. The van der Waals surface area contributed by atoms with Gasteiger partial charge in [-0.25, -0.2) is 4.98 Å². The predicted molar refractivity (Wildman–Crippen MR) is 331 cm³/mol. The lowest BCUT2D eigenvalue weighted by Gasteiger charge is -2.21. The van der Waals surface area contributed by atoms with Gasteiger partial charge in [-0.15, -0.1) is 0 Å². The number of hydrogen-bond donors (Lipinski definition) is 12. The molecule has 8 rings (SSSR count). The molecule has 0 aromatic carbocycles. The fourth-order valence-electron chi connectivity index (χ4n) is 10.2. The van der Waals surface area contributed by atoms with Crippen LogP contribution in [0.3, 0.4) is 0 Å². The fraction of sp³-hybridized carbons (Fsp3) is 0.328. The largest absolute Gasteiger partial charge is 0.364 e. The number of amides is 12. The van der Waals surface area contributed by atoms with Crippen molar-refractivity contribution >= 4 is 105 Å². The van der Waals surface area contributed by atoms with Gasteiger partial charge in [0.1, 0.15) is 40.2 Å². The van der Waals surface area contributed by atoms with Gasteiger partial charge in [0.05, 0.1) is 40.2 Å². The molecule has 0 saturated carbocycles. The molecule has 0 spiro atoms. The minimum absolute atomic E-state index is 0.00805. The van der Waals surface area contributed by atoms with E-state index in [2.05, 4.69) is 58.2 Å². The highest BCUT2D eigenvalue weighted by atomic mass is 16.2. The van der Waals surface area contributed by atoms with Crippen LogP contribution >= 0.6 is 0 Å². The Hall–Kier alpha value is -11.5. The van der Waals surface area contributed by atoms with Gasteiger partial charge in [0, 0.05) is 151 Å². The van der Waals surface area contributed by atoms with Gasteiger partial charge >= 0.3 is 0 Å². The summed E-state index contributed by atoms with van der Waals surface area (Å²) in [4.78, 5) is 161. The van der Waals surface area contributed by atoms with E-state index in [0.29, 0.717) is 17.1 Å². The molecule has 7 aromatic heterocycles. The first-order chi connectivity index (χ1) is 43.1. The Balaban J connectivity index is 0.737. The van der Waals surface area contributed by atoms with Crippen LogP contribution in [-0.4, -0.2) is 157 Å². The lowest BCUT2D eigenvalue weighted by molar-refractivity contribution is -0.134. The molecule has 1 aliphatic rings. The van der Waals surface area contributed by atoms with Crippen LogP contribution < -0.4 is 64.6 Å². The number of nitrogens with one attached hydrogen (secondary N) is 10. The summed E-state index contributed by atoms with van der Waals surface area (Å²) in [6, 6.07) is 6.08. The number of likely N-dealkylation sites (tertiary alicyclic amines) is 1. The molecular weight excluding hydrogens is 1180 g/mol. The van der Waals surface area contributed by atoms with Gasteiger partial charge in [0.15, 0.2) is 5.82 Å². The average Bonchev–Trinajstić information content (AvgIpc) is 1.77. The van der Waals surface area contributed by atoms with Crippen LogP contribution in [0.15, 0.2) is 86.0 Å². The normalized spacial score (nSPS) is 13.8. The SMILES string of the molecule is CC(=O)N1C[C@H](NC(=O)CCNC(=O)c2cc(NC(=O)c3nccn3C)cn2C)C[C@H]1C(=O)Nc1cc(C(=O)NCC[C@@H](N)C(=O)Nc2cc(C(=O)Nc3cc(C(=O)Nc4cc(C(=O)NCCC(=O)Nc5cc(C(N)=O)n(C)c5)n(C)c4)n(C)c3)n(C)c2)n(C)c1. The Kier molecular flexibility index (Phi) is 20.2. The summed E-state index contributed by atoms with van der Waals surface area (Å²) >= 11 is 0. The first-order valence-corrected chi connectivity index (χ1v) is 28.4. The number of imidazole rings is 1. The van der Waals surface area contributed by atoms with Crippen molar-refractivity contribution < 1.29 is 57.5 Å². The molecule has 0 aliphatic carbocycles. The van der Waals surface area contributed by atoms with Gasteiger partial charge < -0.3 is 102 Å². The van der Waals surface area contributed by atoms with Crippen LogP contribution in [0.25, 0.3) is 0 Å². The first-order valence-electron chi connectivity index (χ1n) is 28.4. The van der Waals surface area contributed by atoms with Gasteiger partial charge in [-0.1, -0.05) is 0 Å². The molecule has 91 heavy (non-hydrogen) atoms. The van der Waals surface area contributed by atoms with E-state index in [4.69, 9.17) is 11.5 Å². The van der Waals surface area contributed by atoms with E-state index in [0.717, 1.165) is 0 Å². The van der Waals surface area contributed by atoms with Crippen LogP contribution in [0.4, 0.5) is 34.1 Å². The average molecular weight is 1250 g/mol. The van der Waals surface area contributed by atoms with Gasteiger partial charge in [0.25, 0.3) is 41.4 Å². The monoisotopic (exact) mass is 1250 g/mol. The second kappa shape index (κ2) is 28.1. The molecule has 1 saturated heterocycles. The minimum Gasteiger partial charge on any atom is -0.364 e. The van der Waals surface area contributed by atoms with Gasteiger partial charge in [-0.2, -0.15) is 0 Å². The maximum atomic E-state index is 13.6. The van der Waals surface area contributed by atoms with Crippen LogP contribution in [0.1, 0.15) is 106 Å². The topological polar surface area (TPSA) is 428 Å². The predicted octanol–water partition coefficient (Wildman–Crippen LogP) is 0.0156. The minimum atomic E-state index is -1.09. The number of hydrogen-bond acceptors (Lipinski definition) is 14. The quantitative estimate of drug-likeness (QED) is 0.0359. The fourth-order valence-corrected chi connectivity index (χ4v) is 10.2. The number of aryl methyl sites for hydroxylation is 7. The third-order valence-electron chi connectivity index (χ3n) is 14.8. The molecule has 0 radical (unpaired) electrons. The van der Waals surface area contributed by atoms with Crippen molar-refractivity contribution in [3.05, 3.63) is 126 Å². The number of carbonyl (C=O) groups is 12. The molecule has 8 heterocycles. The zero-order valence-electron chi connectivity index (χ0n) is 51.1. The molecule has 33 nitrogen and oxygen atoms in total. The lowest BCUT2D eigenvalue weighted by atomic mass is 10.1. The van der Waals surface area contributed by atoms with E-state index in [-0.39, 0.29) is 109 Å². The Morgan fingerprint density at radius 3 is 1.33 bits per heavy atom. The van der Waals surface area contributed by atoms with Gasteiger partial charge in [0.2, 0.25) is 29.5 Å². The highest BCUT2D eigenvalue weighted by Gasteiger charge is 2.39. The molecular formula is C58H71N21O12. The number of aromatic nitrogens is 8.